The van der Waals surface area contributed by atoms with Gasteiger partial charge in [0.15, 0.2) is 6.29 Å². The van der Waals surface area contributed by atoms with Crippen LogP contribution in [0.1, 0.15) is 62.3 Å². The van der Waals surface area contributed by atoms with Gasteiger partial charge in [-0.25, -0.2) is 9.18 Å². The summed E-state index contributed by atoms with van der Waals surface area (Å²) in [6.45, 7) is 3.04. The first-order valence-corrected chi connectivity index (χ1v) is 12.7. The Balaban J connectivity index is 1.72. The average molecular weight is 494 g/mol. The van der Waals surface area contributed by atoms with Crippen molar-refractivity contribution in [2.24, 2.45) is 5.73 Å². The molecule has 8 heteroatoms. The van der Waals surface area contributed by atoms with E-state index in [0.29, 0.717) is 26.1 Å². The molecule has 0 radical (unpaired) electrons. The number of carbonyl (C=O) groups is 1. The highest BCUT2D eigenvalue weighted by Gasteiger charge is 2.31. The van der Waals surface area contributed by atoms with Crippen LogP contribution in [0.5, 0.6) is 0 Å². The van der Waals surface area contributed by atoms with Crippen molar-refractivity contribution >= 4 is 6.09 Å². The lowest BCUT2D eigenvalue weighted by Crippen LogP contribution is -2.17. The SMILES string of the molecule is CCC(OC(N)=O)c1ccccc1-c1nn(C2CCCC2)c(-c2ccc(F)cc2)c1CC1OCCO1. The fourth-order valence-electron chi connectivity index (χ4n) is 5.40. The predicted octanol–water partition coefficient (Wildman–Crippen LogP) is 5.93. The molecule has 1 saturated carbocycles. The molecule has 0 spiro atoms. The van der Waals surface area contributed by atoms with Gasteiger partial charge in [-0.05, 0) is 43.5 Å². The number of ether oxygens (including phenoxy) is 3. The lowest BCUT2D eigenvalue weighted by atomic mass is 9.93. The largest absolute Gasteiger partial charge is 0.442 e. The van der Waals surface area contributed by atoms with E-state index in [1.54, 1.807) is 12.1 Å². The number of hydrogen-bond donors (Lipinski definition) is 1. The number of benzene rings is 2. The Bertz CT molecular complexity index is 1200. The monoisotopic (exact) mass is 493 g/mol. The van der Waals surface area contributed by atoms with E-state index in [4.69, 9.17) is 25.0 Å². The number of primary amides is 1. The van der Waals surface area contributed by atoms with Crippen molar-refractivity contribution in [2.75, 3.05) is 13.2 Å². The van der Waals surface area contributed by atoms with Gasteiger partial charge >= 0.3 is 6.09 Å². The zero-order valence-electron chi connectivity index (χ0n) is 20.5. The lowest BCUT2D eigenvalue weighted by molar-refractivity contribution is -0.0398. The molecule has 1 aliphatic heterocycles. The predicted molar refractivity (Wildman–Crippen MR) is 134 cm³/mol. The van der Waals surface area contributed by atoms with Crippen molar-refractivity contribution in [2.45, 2.75) is 63.9 Å². The summed E-state index contributed by atoms with van der Waals surface area (Å²) in [5.41, 5.74) is 10.7. The summed E-state index contributed by atoms with van der Waals surface area (Å²) < 4.78 is 33.1. The van der Waals surface area contributed by atoms with Crippen LogP contribution in [0.15, 0.2) is 48.5 Å². The van der Waals surface area contributed by atoms with Crippen molar-refractivity contribution in [3.05, 3.63) is 65.5 Å². The summed E-state index contributed by atoms with van der Waals surface area (Å²) in [6, 6.07) is 14.6. The van der Waals surface area contributed by atoms with Crippen LogP contribution in [0.25, 0.3) is 22.5 Å². The first kappa shape index (κ1) is 24.5. The third-order valence-corrected chi connectivity index (χ3v) is 7.05. The summed E-state index contributed by atoms with van der Waals surface area (Å²) in [5.74, 6) is -0.283. The van der Waals surface area contributed by atoms with Crippen molar-refractivity contribution in [1.29, 1.82) is 0 Å². The number of rotatable bonds is 8. The minimum atomic E-state index is -0.812. The Kier molecular flexibility index (Phi) is 7.34. The topological polar surface area (TPSA) is 88.6 Å². The zero-order chi connectivity index (χ0) is 25.1. The number of nitrogens with zero attached hydrogens (tertiary/aromatic N) is 2. The zero-order valence-corrected chi connectivity index (χ0v) is 20.5. The Morgan fingerprint density at radius 1 is 1.14 bits per heavy atom. The summed E-state index contributed by atoms with van der Waals surface area (Å²) in [5, 5.41) is 5.20. The molecule has 2 heterocycles. The van der Waals surface area contributed by atoms with Gasteiger partial charge in [0.1, 0.15) is 11.9 Å². The Hall–Kier alpha value is -3.23. The van der Waals surface area contributed by atoms with Gasteiger partial charge in [-0.2, -0.15) is 5.10 Å². The maximum Gasteiger partial charge on any atom is 0.405 e. The lowest BCUT2D eigenvalue weighted by Gasteiger charge is -2.19. The van der Waals surface area contributed by atoms with Gasteiger partial charge in [0.05, 0.1) is 30.6 Å². The highest BCUT2D eigenvalue weighted by atomic mass is 19.1. The van der Waals surface area contributed by atoms with Crippen LogP contribution in [0.3, 0.4) is 0 Å². The second-order valence-electron chi connectivity index (χ2n) is 9.36. The standard InChI is InChI=1S/C28H32FN3O4/c1-2-24(36-28(30)33)21-9-5-6-10-22(21)26-23(17-25-34-15-16-35-25)27(18-11-13-19(29)14-12-18)32(31-26)20-7-3-4-8-20/h5-6,9-14,20,24-25H,2-4,7-8,15-17H2,1H3,(H2,30,33). The highest BCUT2D eigenvalue weighted by Crippen LogP contribution is 2.42. The molecule has 3 aromatic rings. The van der Waals surface area contributed by atoms with Crippen molar-refractivity contribution in [3.8, 4) is 22.5 Å². The van der Waals surface area contributed by atoms with Crippen LogP contribution in [-0.2, 0) is 20.6 Å². The molecule has 1 saturated heterocycles. The van der Waals surface area contributed by atoms with Gasteiger partial charge < -0.3 is 19.9 Å². The van der Waals surface area contributed by atoms with Gasteiger partial charge in [0.2, 0.25) is 0 Å². The van der Waals surface area contributed by atoms with E-state index in [2.05, 4.69) is 4.68 Å². The summed E-state index contributed by atoms with van der Waals surface area (Å²) in [6.07, 6.45) is 3.73. The maximum absolute atomic E-state index is 13.9. The van der Waals surface area contributed by atoms with Gasteiger partial charge in [-0.1, -0.05) is 44.0 Å². The number of carbonyl (C=O) groups excluding carboxylic acids is 1. The van der Waals surface area contributed by atoms with Gasteiger partial charge in [-0.3, -0.25) is 4.68 Å². The van der Waals surface area contributed by atoms with E-state index in [-0.39, 0.29) is 18.1 Å². The summed E-state index contributed by atoms with van der Waals surface area (Å²) in [4.78, 5) is 11.6. The van der Waals surface area contributed by atoms with Crippen molar-refractivity contribution < 1.29 is 23.4 Å². The van der Waals surface area contributed by atoms with Crippen LogP contribution in [0.2, 0.25) is 0 Å². The summed E-state index contributed by atoms with van der Waals surface area (Å²) >= 11 is 0. The van der Waals surface area contributed by atoms with Gasteiger partial charge in [0.25, 0.3) is 0 Å². The van der Waals surface area contributed by atoms with E-state index in [0.717, 1.165) is 59.3 Å². The molecule has 1 aromatic heterocycles. The highest BCUT2D eigenvalue weighted by molar-refractivity contribution is 5.77. The third kappa shape index (κ3) is 5.01. The third-order valence-electron chi connectivity index (χ3n) is 7.05. The van der Waals surface area contributed by atoms with E-state index in [9.17, 15) is 9.18 Å². The molecule has 2 aromatic carbocycles. The molecule has 2 N–H and O–H groups in total. The number of amides is 1. The number of aromatic nitrogens is 2. The second kappa shape index (κ2) is 10.8. The quantitative estimate of drug-likeness (QED) is 0.420. The maximum atomic E-state index is 13.9. The van der Waals surface area contributed by atoms with Crippen LogP contribution >= 0.6 is 0 Å². The Morgan fingerprint density at radius 2 is 1.83 bits per heavy atom. The molecular weight excluding hydrogens is 461 g/mol. The van der Waals surface area contributed by atoms with Gasteiger partial charge in [-0.15, -0.1) is 0 Å². The van der Waals surface area contributed by atoms with Crippen LogP contribution in [0, 0.1) is 5.82 Å². The minimum absolute atomic E-state index is 0.249. The van der Waals surface area contributed by atoms with E-state index < -0.39 is 12.2 Å². The number of halogens is 1. The average Bonchev–Trinajstić information content (AvgIpc) is 3.65. The smallest absolute Gasteiger partial charge is 0.405 e. The van der Waals surface area contributed by atoms with Crippen LogP contribution < -0.4 is 5.73 Å². The van der Waals surface area contributed by atoms with Crippen LogP contribution in [0.4, 0.5) is 9.18 Å². The summed E-state index contributed by atoms with van der Waals surface area (Å²) in [7, 11) is 0. The fourth-order valence-corrected chi connectivity index (χ4v) is 5.40. The normalized spacial score (nSPS) is 17.5. The van der Waals surface area contributed by atoms with E-state index in [1.165, 1.54) is 12.1 Å². The van der Waals surface area contributed by atoms with Crippen LogP contribution in [-0.4, -0.2) is 35.4 Å². The second-order valence-corrected chi connectivity index (χ2v) is 9.36. The molecule has 190 valence electrons. The fraction of sp³-hybridized carbons (Fsp3) is 0.429. The molecule has 7 nitrogen and oxygen atoms in total. The molecule has 1 aliphatic carbocycles. The van der Waals surface area contributed by atoms with Crippen molar-refractivity contribution in [1.82, 2.24) is 9.78 Å². The molecular formula is C28H32FN3O4. The first-order valence-electron chi connectivity index (χ1n) is 12.7. The Morgan fingerprint density at radius 3 is 2.50 bits per heavy atom. The van der Waals surface area contributed by atoms with Crippen molar-refractivity contribution in [3.63, 3.8) is 0 Å². The van der Waals surface area contributed by atoms with E-state index >= 15 is 0 Å². The first-order chi connectivity index (χ1) is 17.5. The molecule has 5 rings (SSSR count). The molecule has 1 unspecified atom stereocenters. The number of nitrogens with two attached hydrogens (primary N) is 1. The van der Waals surface area contributed by atoms with E-state index in [1.807, 2.05) is 31.2 Å². The molecule has 36 heavy (non-hydrogen) atoms. The minimum Gasteiger partial charge on any atom is -0.442 e. The number of hydrogen-bond acceptors (Lipinski definition) is 5. The molecule has 1 atom stereocenters. The molecule has 0 bridgehead atoms. The molecule has 2 fully saturated rings. The molecule has 1 amide bonds. The Labute approximate surface area is 210 Å². The molecule has 2 aliphatic rings. The van der Waals surface area contributed by atoms with Gasteiger partial charge in [0, 0.05) is 28.7 Å².